The zero-order valence-corrected chi connectivity index (χ0v) is 14.2. The second kappa shape index (κ2) is 7.00. The average Bonchev–Trinajstić information content (AvgIpc) is 3.09. The van der Waals surface area contributed by atoms with E-state index in [1.54, 1.807) is 0 Å². The lowest BCUT2D eigenvalue weighted by molar-refractivity contribution is -0.0133. The Morgan fingerprint density at radius 2 is 2.00 bits per heavy atom. The van der Waals surface area contributed by atoms with E-state index in [1.165, 1.54) is 24.3 Å². The highest BCUT2D eigenvalue weighted by Crippen LogP contribution is 2.40. The second-order valence-electron chi connectivity index (χ2n) is 5.73. The summed E-state index contributed by atoms with van der Waals surface area (Å²) < 4.78 is 43.4. The molecule has 6 nitrogen and oxygen atoms in total. The van der Waals surface area contributed by atoms with Crippen LogP contribution >= 0.6 is 11.6 Å². The van der Waals surface area contributed by atoms with Gasteiger partial charge in [0.1, 0.15) is 36.2 Å². The SMILES string of the molecule is C[C@@H](c1ncnc(Cl)c1F)[C@@](O)(Cn1cncn1)c1ccc(F)cc1F. The van der Waals surface area contributed by atoms with Crippen LogP contribution in [0.3, 0.4) is 0 Å². The second-order valence-corrected chi connectivity index (χ2v) is 6.08. The van der Waals surface area contributed by atoms with Gasteiger partial charge < -0.3 is 5.11 Å². The van der Waals surface area contributed by atoms with Crippen LogP contribution in [0.5, 0.6) is 0 Å². The zero-order valence-electron chi connectivity index (χ0n) is 13.4. The van der Waals surface area contributed by atoms with Crippen molar-refractivity contribution in [3.05, 3.63) is 71.0 Å². The summed E-state index contributed by atoms with van der Waals surface area (Å²) in [6, 6.07) is 2.73. The van der Waals surface area contributed by atoms with Gasteiger partial charge in [0.15, 0.2) is 11.0 Å². The molecule has 136 valence electrons. The molecule has 0 unspecified atom stereocenters. The highest BCUT2D eigenvalue weighted by Gasteiger charge is 2.42. The number of nitrogens with zero attached hydrogens (tertiary/aromatic N) is 5. The van der Waals surface area contributed by atoms with Crippen molar-refractivity contribution < 1.29 is 18.3 Å². The Morgan fingerprint density at radius 1 is 1.23 bits per heavy atom. The predicted octanol–water partition coefficient (Wildman–Crippen LogP) is 2.83. The molecule has 10 heteroatoms. The maximum Gasteiger partial charge on any atom is 0.182 e. The standard InChI is InChI=1S/C16H13ClF3N5O/c1-9(14-13(20)15(17)23-7-22-14)16(26,5-25-8-21-6-24-25)11-3-2-10(18)4-12(11)19/h2-4,6-9,26H,5H2,1H3/t9-,16-/m0/s1. The van der Waals surface area contributed by atoms with Crippen molar-refractivity contribution in [2.24, 2.45) is 0 Å². The topological polar surface area (TPSA) is 76.7 Å². The first-order valence-electron chi connectivity index (χ1n) is 7.49. The Hall–Kier alpha value is -2.52. The molecule has 0 aliphatic rings. The summed E-state index contributed by atoms with van der Waals surface area (Å²) in [6.45, 7) is 1.17. The number of aromatic nitrogens is 5. The number of hydrogen-bond donors (Lipinski definition) is 1. The number of halogens is 4. The highest BCUT2D eigenvalue weighted by molar-refractivity contribution is 6.29. The fraction of sp³-hybridized carbons (Fsp3) is 0.250. The van der Waals surface area contributed by atoms with Gasteiger partial charge >= 0.3 is 0 Å². The molecule has 0 radical (unpaired) electrons. The molecule has 0 spiro atoms. The first kappa shape index (κ1) is 18.3. The maximum atomic E-state index is 14.4. The van der Waals surface area contributed by atoms with Crippen LogP contribution in [0.25, 0.3) is 0 Å². The van der Waals surface area contributed by atoms with Gasteiger partial charge in [-0.1, -0.05) is 24.6 Å². The Labute approximate surface area is 151 Å². The van der Waals surface area contributed by atoms with Crippen LogP contribution < -0.4 is 0 Å². The first-order valence-corrected chi connectivity index (χ1v) is 7.87. The molecular weight excluding hydrogens is 371 g/mol. The summed E-state index contributed by atoms with van der Waals surface area (Å²) >= 11 is 5.69. The lowest BCUT2D eigenvalue weighted by atomic mass is 9.79. The predicted molar refractivity (Wildman–Crippen MR) is 85.7 cm³/mol. The van der Waals surface area contributed by atoms with Gasteiger partial charge in [0.05, 0.1) is 12.2 Å². The van der Waals surface area contributed by atoms with Gasteiger partial charge in [0, 0.05) is 17.5 Å². The van der Waals surface area contributed by atoms with E-state index in [1.807, 2.05) is 0 Å². The Bertz CT molecular complexity index is 924. The van der Waals surface area contributed by atoms with Crippen molar-refractivity contribution >= 4 is 11.6 Å². The summed E-state index contributed by atoms with van der Waals surface area (Å²) in [4.78, 5) is 11.1. The highest BCUT2D eigenvalue weighted by atomic mass is 35.5. The van der Waals surface area contributed by atoms with Crippen LogP contribution in [-0.2, 0) is 12.1 Å². The molecule has 3 aromatic rings. The van der Waals surface area contributed by atoms with E-state index < -0.39 is 34.1 Å². The number of hydrogen-bond acceptors (Lipinski definition) is 5. The van der Waals surface area contributed by atoms with Gasteiger partial charge in [-0.2, -0.15) is 5.10 Å². The van der Waals surface area contributed by atoms with Gasteiger partial charge in [-0.05, 0) is 6.07 Å². The smallest absolute Gasteiger partial charge is 0.182 e. The van der Waals surface area contributed by atoms with E-state index in [-0.39, 0.29) is 17.8 Å². The van der Waals surface area contributed by atoms with Crippen LogP contribution in [0.1, 0.15) is 24.1 Å². The van der Waals surface area contributed by atoms with Crippen LogP contribution in [0, 0.1) is 17.5 Å². The molecule has 3 rings (SSSR count). The molecule has 2 aromatic heterocycles. The zero-order chi connectivity index (χ0) is 18.9. The van der Waals surface area contributed by atoms with Crippen LogP contribution in [0.2, 0.25) is 5.15 Å². The largest absolute Gasteiger partial charge is 0.382 e. The third kappa shape index (κ3) is 3.27. The molecule has 0 aliphatic carbocycles. The lowest BCUT2D eigenvalue weighted by Crippen LogP contribution is -2.39. The lowest BCUT2D eigenvalue weighted by Gasteiger charge is -2.34. The fourth-order valence-electron chi connectivity index (χ4n) is 2.75. The maximum absolute atomic E-state index is 14.4. The van der Waals surface area contributed by atoms with Crippen molar-refractivity contribution in [1.82, 2.24) is 24.7 Å². The molecule has 1 aromatic carbocycles. The van der Waals surface area contributed by atoms with Gasteiger partial charge in [0.25, 0.3) is 0 Å². The van der Waals surface area contributed by atoms with Gasteiger partial charge in [-0.3, -0.25) is 0 Å². The number of rotatable bonds is 5. The van der Waals surface area contributed by atoms with E-state index >= 15 is 0 Å². The minimum atomic E-state index is -2.02. The molecule has 0 aliphatic heterocycles. The van der Waals surface area contributed by atoms with E-state index in [4.69, 9.17) is 11.6 Å². The van der Waals surface area contributed by atoms with Gasteiger partial charge in [-0.15, -0.1) is 0 Å². The van der Waals surface area contributed by atoms with Crippen molar-refractivity contribution in [2.75, 3.05) is 0 Å². The van der Waals surface area contributed by atoms with Crippen LogP contribution in [0.15, 0.2) is 37.2 Å². The number of benzene rings is 1. The minimum absolute atomic E-state index is 0.212. The molecule has 26 heavy (non-hydrogen) atoms. The fourth-order valence-corrected chi connectivity index (χ4v) is 2.89. The normalized spacial score (nSPS) is 14.8. The summed E-state index contributed by atoms with van der Waals surface area (Å²) in [5.74, 6) is -3.80. The molecule has 0 amide bonds. The van der Waals surface area contributed by atoms with Crippen LogP contribution in [0.4, 0.5) is 13.2 Å². The summed E-state index contributed by atoms with van der Waals surface area (Å²) in [6.07, 6.45) is 3.57. The summed E-state index contributed by atoms with van der Waals surface area (Å²) in [7, 11) is 0. The monoisotopic (exact) mass is 383 g/mol. The first-order chi connectivity index (χ1) is 12.3. The van der Waals surface area contributed by atoms with Gasteiger partial charge in [0.2, 0.25) is 0 Å². The van der Waals surface area contributed by atoms with Crippen molar-refractivity contribution in [2.45, 2.75) is 25.0 Å². The molecule has 0 bridgehead atoms. The van der Waals surface area contributed by atoms with Crippen molar-refractivity contribution in [3.8, 4) is 0 Å². The van der Waals surface area contributed by atoms with E-state index in [0.29, 0.717) is 6.07 Å². The third-order valence-corrected chi connectivity index (χ3v) is 4.43. The number of aliphatic hydroxyl groups is 1. The summed E-state index contributed by atoms with van der Waals surface area (Å²) in [5.41, 5.74) is -2.48. The average molecular weight is 384 g/mol. The van der Waals surface area contributed by atoms with Gasteiger partial charge in [-0.25, -0.2) is 32.8 Å². The molecular formula is C16H13ClF3N5O. The molecule has 0 saturated heterocycles. The quantitative estimate of drug-likeness (QED) is 0.686. The van der Waals surface area contributed by atoms with Crippen molar-refractivity contribution in [3.63, 3.8) is 0 Å². The summed E-state index contributed by atoms with van der Waals surface area (Å²) in [5, 5.41) is 14.8. The Kier molecular flexibility index (Phi) is 4.92. The molecule has 2 atom stereocenters. The molecule has 1 N–H and O–H groups in total. The van der Waals surface area contributed by atoms with E-state index in [2.05, 4.69) is 20.1 Å². The minimum Gasteiger partial charge on any atom is -0.382 e. The van der Waals surface area contributed by atoms with Crippen molar-refractivity contribution in [1.29, 1.82) is 0 Å². The third-order valence-electron chi connectivity index (χ3n) is 4.17. The van der Waals surface area contributed by atoms with E-state index in [9.17, 15) is 18.3 Å². The molecule has 0 saturated carbocycles. The Morgan fingerprint density at radius 3 is 2.65 bits per heavy atom. The van der Waals surface area contributed by atoms with E-state index in [0.717, 1.165) is 18.5 Å². The molecule has 0 fully saturated rings. The van der Waals surface area contributed by atoms with Crippen LogP contribution in [-0.4, -0.2) is 29.8 Å². The molecule has 2 heterocycles. The Balaban J connectivity index is 2.15.